The van der Waals surface area contributed by atoms with E-state index in [0.717, 1.165) is 16.7 Å². The molecule has 0 aliphatic heterocycles. The summed E-state index contributed by atoms with van der Waals surface area (Å²) in [5.74, 6) is 0. The van der Waals surface area contributed by atoms with Gasteiger partial charge in [-0.25, -0.2) is 4.57 Å². The van der Waals surface area contributed by atoms with Gasteiger partial charge in [0.25, 0.3) is 0 Å². The second kappa shape index (κ2) is 12.9. The minimum atomic E-state index is -4.06. The molecule has 34 heavy (non-hydrogen) atoms. The minimum absolute atomic E-state index is 0.000414. The fraction of sp³-hybridized carbons (Fsp3) is 0.308. The van der Waals surface area contributed by atoms with E-state index in [1.165, 1.54) is 6.92 Å². The molecule has 0 saturated heterocycles. The maximum Gasteiger partial charge on any atom is 0.475 e. The van der Waals surface area contributed by atoms with E-state index in [1.807, 2.05) is 91.0 Å². The Bertz CT molecular complexity index is 966. The van der Waals surface area contributed by atoms with E-state index < -0.39 is 26.1 Å². The third-order valence-corrected chi connectivity index (χ3v) is 6.43. The molecule has 0 amide bonds. The van der Waals surface area contributed by atoms with Crippen molar-refractivity contribution in [1.82, 2.24) is 0 Å². The van der Waals surface area contributed by atoms with Crippen LogP contribution in [0.15, 0.2) is 91.0 Å². The summed E-state index contributed by atoms with van der Waals surface area (Å²) in [7, 11) is -4.06. The van der Waals surface area contributed by atoms with E-state index in [4.69, 9.17) is 18.3 Å². The highest BCUT2D eigenvalue weighted by atomic mass is 31.2. The van der Waals surface area contributed by atoms with Gasteiger partial charge < -0.3 is 14.9 Å². The third kappa shape index (κ3) is 8.78. The van der Waals surface area contributed by atoms with Crippen LogP contribution in [0.25, 0.3) is 0 Å². The lowest BCUT2D eigenvalue weighted by atomic mass is 10.0. The molecule has 182 valence electrons. The van der Waals surface area contributed by atoms with Crippen LogP contribution in [-0.2, 0) is 42.7 Å². The van der Waals surface area contributed by atoms with Crippen LogP contribution >= 0.6 is 7.82 Å². The van der Waals surface area contributed by atoms with E-state index in [-0.39, 0.29) is 26.4 Å². The number of phosphoric acid groups is 1. The summed E-state index contributed by atoms with van der Waals surface area (Å²) in [6.07, 6.45) is -1.39. The predicted molar refractivity (Wildman–Crippen MR) is 129 cm³/mol. The van der Waals surface area contributed by atoms with Gasteiger partial charge in [-0.1, -0.05) is 91.0 Å². The molecule has 0 aromatic heterocycles. The number of aliphatic hydroxyl groups excluding tert-OH is 1. The molecular formula is C26H31O7P. The smallest absolute Gasteiger partial charge is 0.388 e. The van der Waals surface area contributed by atoms with Crippen molar-refractivity contribution in [3.8, 4) is 0 Å². The first-order valence-electron chi connectivity index (χ1n) is 11.0. The summed E-state index contributed by atoms with van der Waals surface area (Å²) in [5, 5.41) is 21.2. The van der Waals surface area contributed by atoms with Crippen LogP contribution in [0, 0.1) is 0 Å². The highest BCUT2D eigenvalue weighted by Crippen LogP contribution is 2.51. The first kappa shape index (κ1) is 26.3. The molecule has 0 unspecified atom stereocenters. The monoisotopic (exact) mass is 486 g/mol. The Balaban J connectivity index is 1.56. The number of ether oxygens (including phenoxy) is 1. The number of benzene rings is 3. The van der Waals surface area contributed by atoms with Gasteiger partial charge >= 0.3 is 7.82 Å². The molecule has 0 aliphatic carbocycles. The Labute approximate surface area is 200 Å². The number of hydrogen-bond acceptors (Lipinski definition) is 7. The van der Waals surface area contributed by atoms with Crippen molar-refractivity contribution in [2.75, 3.05) is 13.2 Å². The largest absolute Gasteiger partial charge is 0.475 e. The lowest BCUT2D eigenvalue weighted by molar-refractivity contribution is -0.125. The van der Waals surface area contributed by atoms with Crippen LogP contribution in [-0.4, -0.2) is 35.1 Å². The number of rotatable bonds is 14. The second-order valence-corrected chi connectivity index (χ2v) is 9.78. The maximum atomic E-state index is 13.3. The van der Waals surface area contributed by atoms with Crippen LogP contribution in [0.2, 0.25) is 0 Å². The molecule has 0 saturated carbocycles. The molecule has 7 nitrogen and oxygen atoms in total. The molecule has 3 aromatic carbocycles. The van der Waals surface area contributed by atoms with Gasteiger partial charge in [0.05, 0.1) is 33.0 Å². The maximum absolute atomic E-state index is 13.3. The summed E-state index contributed by atoms with van der Waals surface area (Å²) >= 11 is 0. The van der Waals surface area contributed by atoms with Crippen molar-refractivity contribution in [1.29, 1.82) is 0 Å². The zero-order chi connectivity index (χ0) is 24.3. The Kier molecular flexibility index (Phi) is 9.99. The lowest BCUT2D eigenvalue weighted by Crippen LogP contribution is -2.46. The lowest BCUT2D eigenvalue weighted by Gasteiger charge is -2.29. The van der Waals surface area contributed by atoms with Crippen molar-refractivity contribution in [3.63, 3.8) is 0 Å². The van der Waals surface area contributed by atoms with Gasteiger partial charge in [-0.2, -0.15) is 0 Å². The molecule has 0 radical (unpaired) electrons. The van der Waals surface area contributed by atoms with Crippen LogP contribution < -0.4 is 0 Å². The Hall–Kier alpha value is -2.35. The van der Waals surface area contributed by atoms with E-state index in [1.54, 1.807) is 0 Å². The fourth-order valence-electron chi connectivity index (χ4n) is 2.95. The summed E-state index contributed by atoms with van der Waals surface area (Å²) in [4.78, 5) is 0. The van der Waals surface area contributed by atoms with Gasteiger partial charge in [-0.05, 0) is 23.6 Å². The Morgan fingerprint density at radius 3 is 1.59 bits per heavy atom. The third-order valence-electron chi connectivity index (χ3n) is 5.08. The first-order valence-corrected chi connectivity index (χ1v) is 12.5. The van der Waals surface area contributed by atoms with E-state index in [2.05, 4.69) is 0 Å². The van der Waals surface area contributed by atoms with Crippen molar-refractivity contribution in [2.24, 2.45) is 0 Å². The number of phosphoric ester groups is 1. The second-order valence-electron chi connectivity index (χ2n) is 8.11. The molecular weight excluding hydrogens is 455 g/mol. The number of hydrogen-bond donors (Lipinski definition) is 2. The SMILES string of the molecule is C[C@](O)(COCc1ccccc1)[C@H](O)COP(=O)(OCc1ccccc1)OCc1ccccc1. The molecule has 3 rings (SSSR count). The quantitative estimate of drug-likeness (QED) is 0.314. The number of aliphatic hydroxyl groups is 2. The van der Waals surface area contributed by atoms with Crippen molar-refractivity contribution < 1.29 is 33.1 Å². The zero-order valence-electron chi connectivity index (χ0n) is 19.2. The van der Waals surface area contributed by atoms with Gasteiger partial charge in [-0.3, -0.25) is 13.6 Å². The molecule has 0 spiro atoms. The van der Waals surface area contributed by atoms with Gasteiger partial charge in [0, 0.05) is 0 Å². The normalized spacial score (nSPS) is 14.4. The standard InChI is InChI=1S/C26H31O7P/c1-26(28,21-30-17-22-11-5-2-6-12-22)25(27)20-33-34(29,31-18-23-13-7-3-8-14-23)32-19-24-15-9-4-10-16-24/h2-16,25,27-28H,17-21H2,1H3/t25-,26+/m1/s1. The summed E-state index contributed by atoms with van der Waals surface area (Å²) < 4.78 is 35.3. The highest BCUT2D eigenvalue weighted by molar-refractivity contribution is 7.48. The van der Waals surface area contributed by atoms with E-state index >= 15 is 0 Å². The zero-order valence-corrected chi connectivity index (χ0v) is 20.1. The summed E-state index contributed by atoms with van der Waals surface area (Å²) in [5.41, 5.74) is 0.878. The predicted octanol–water partition coefficient (Wildman–Crippen LogP) is 4.87. The van der Waals surface area contributed by atoms with Gasteiger partial charge in [-0.15, -0.1) is 0 Å². The molecule has 2 atom stereocenters. The molecule has 0 aliphatic rings. The molecule has 2 N–H and O–H groups in total. The topological polar surface area (TPSA) is 94.5 Å². The molecule has 0 bridgehead atoms. The van der Waals surface area contributed by atoms with Crippen LogP contribution in [0.5, 0.6) is 0 Å². The Morgan fingerprint density at radius 2 is 1.15 bits per heavy atom. The van der Waals surface area contributed by atoms with E-state index in [0.29, 0.717) is 0 Å². The summed E-state index contributed by atoms with van der Waals surface area (Å²) in [6.45, 7) is 1.09. The minimum Gasteiger partial charge on any atom is -0.388 e. The molecule has 0 heterocycles. The molecule has 0 fully saturated rings. The van der Waals surface area contributed by atoms with Gasteiger partial charge in [0.2, 0.25) is 0 Å². The van der Waals surface area contributed by atoms with Gasteiger partial charge in [0.15, 0.2) is 0 Å². The van der Waals surface area contributed by atoms with Crippen molar-refractivity contribution >= 4 is 7.82 Å². The average Bonchev–Trinajstić information content (AvgIpc) is 2.87. The van der Waals surface area contributed by atoms with Crippen molar-refractivity contribution in [3.05, 3.63) is 108 Å². The van der Waals surface area contributed by atoms with E-state index in [9.17, 15) is 14.8 Å². The average molecular weight is 487 g/mol. The summed E-state index contributed by atoms with van der Waals surface area (Å²) in [6, 6.07) is 27.9. The fourth-order valence-corrected chi connectivity index (χ4v) is 4.12. The highest BCUT2D eigenvalue weighted by Gasteiger charge is 2.35. The molecule has 3 aromatic rings. The Morgan fingerprint density at radius 1 is 0.735 bits per heavy atom. The van der Waals surface area contributed by atoms with Crippen molar-refractivity contribution in [2.45, 2.75) is 38.4 Å². The van der Waals surface area contributed by atoms with Gasteiger partial charge in [0.1, 0.15) is 11.7 Å². The van der Waals surface area contributed by atoms with Crippen LogP contribution in [0.4, 0.5) is 0 Å². The van der Waals surface area contributed by atoms with Crippen LogP contribution in [0.3, 0.4) is 0 Å². The van der Waals surface area contributed by atoms with Crippen LogP contribution in [0.1, 0.15) is 23.6 Å². The first-order chi connectivity index (χ1) is 16.4. The molecule has 8 heteroatoms.